The number of aromatic carboxylic acids is 1. The first-order valence-corrected chi connectivity index (χ1v) is 8.82. The van der Waals surface area contributed by atoms with Gasteiger partial charge in [0.1, 0.15) is 11.3 Å². The highest BCUT2D eigenvalue weighted by atomic mass is 16.5. The number of carboxylic acid groups (broad SMARTS) is 1. The van der Waals surface area contributed by atoms with Crippen LogP contribution in [0.5, 0.6) is 0 Å². The molecule has 0 saturated carbocycles. The molecular formula is C21H19N2O5-. The second kappa shape index (κ2) is 7.64. The molecule has 1 unspecified atom stereocenters. The SMILES string of the molecule is CCOC(=O)C1(C)CC(=Nc2cccc(C(=O)[O-])c2)C(=O)N1c1ccccc1. The monoisotopic (exact) mass is 379 g/mol. The first-order valence-electron chi connectivity index (χ1n) is 8.82. The van der Waals surface area contributed by atoms with E-state index in [0.717, 1.165) is 0 Å². The van der Waals surface area contributed by atoms with Gasteiger partial charge in [-0.1, -0.05) is 30.3 Å². The molecule has 1 fully saturated rings. The molecule has 0 aromatic heterocycles. The van der Waals surface area contributed by atoms with Crippen LogP contribution in [0.25, 0.3) is 0 Å². The topological polar surface area (TPSA) is 99.1 Å². The quantitative estimate of drug-likeness (QED) is 0.739. The second-order valence-corrected chi connectivity index (χ2v) is 6.54. The zero-order valence-corrected chi connectivity index (χ0v) is 15.5. The Balaban J connectivity index is 2.05. The summed E-state index contributed by atoms with van der Waals surface area (Å²) in [4.78, 5) is 42.6. The molecule has 1 amide bonds. The Morgan fingerprint density at radius 1 is 1.18 bits per heavy atom. The van der Waals surface area contributed by atoms with Gasteiger partial charge in [-0.05, 0) is 43.7 Å². The first-order chi connectivity index (χ1) is 13.4. The largest absolute Gasteiger partial charge is 0.545 e. The number of anilines is 1. The maximum Gasteiger partial charge on any atom is 0.332 e. The van der Waals surface area contributed by atoms with E-state index in [0.29, 0.717) is 11.4 Å². The number of hydrogen-bond donors (Lipinski definition) is 0. The molecule has 0 spiro atoms. The summed E-state index contributed by atoms with van der Waals surface area (Å²) >= 11 is 0. The summed E-state index contributed by atoms with van der Waals surface area (Å²) in [5.41, 5.74) is -0.294. The third-order valence-electron chi connectivity index (χ3n) is 4.53. The maximum atomic E-state index is 13.1. The summed E-state index contributed by atoms with van der Waals surface area (Å²) < 4.78 is 5.20. The summed E-state index contributed by atoms with van der Waals surface area (Å²) in [6, 6.07) is 14.6. The van der Waals surface area contributed by atoms with Crippen molar-refractivity contribution >= 4 is 34.9 Å². The fourth-order valence-corrected chi connectivity index (χ4v) is 3.21. The summed E-state index contributed by atoms with van der Waals surface area (Å²) in [6.45, 7) is 3.52. The highest BCUT2D eigenvalue weighted by Crippen LogP contribution is 2.35. The van der Waals surface area contributed by atoms with Crippen molar-refractivity contribution in [2.75, 3.05) is 11.5 Å². The molecule has 144 valence electrons. The van der Waals surface area contributed by atoms with Gasteiger partial charge in [-0.3, -0.25) is 9.69 Å². The van der Waals surface area contributed by atoms with E-state index in [2.05, 4.69) is 4.99 Å². The molecule has 0 N–H and O–H groups in total. The number of amides is 1. The van der Waals surface area contributed by atoms with E-state index in [-0.39, 0.29) is 24.3 Å². The lowest BCUT2D eigenvalue weighted by Crippen LogP contribution is -2.50. The molecular weight excluding hydrogens is 360 g/mol. The average Bonchev–Trinajstić information content (AvgIpc) is 2.94. The van der Waals surface area contributed by atoms with Crippen molar-refractivity contribution in [3.63, 3.8) is 0 Å². The molecule has 1 aliphatic rings. The Morgan fingerprint density at radius 3 is 2.54 bits per heavy atom. The van der Waals surface area contributed by atoms with Crippen LogP contribution < -0.4 is 10.0 Å². The Morgan fingerprint density at radius 2 is 1.89 bits per heavy atom. The zero-order valence-electron chi connectivity index (χ0n) is 15.5. The van der Waals surface area contributed by atoms with E-state index in [1.807, 2.05) is 6.07 Å². The van der Waals surface area contributed by atoms with Gasteiger partial charge in [0.05, 0.1) is 18.3 Å². The second-order valence-electron chi connectivity index (χ2n) is 6.54. The standard InChI is InChI=1S/C21H20N2O5/c1-3-28-20(27)21(2)13-17(18(24)23(21)16-10-5-4-6-11-16)22-15-9-7-8-14(12-15)19(25)26/h4-12H,3,13H2,1-2H3,(H,25,26)/p-1. The van der Waals surface area contributed by atoms with Crippen LogP contribution in [-0.2, 0) is 14.3 Å². The lowest BCUT2D eigenvalue weighted by atomic mass is 9.98. The number of benzene rings is 2. The summed E-state index contributed by atoms with van der Waals surface area (Å²) in [6.07, 6.45) is 0.0368. The molecule has 7 heteroatoms. The van der Waals surface area contributed by atoms with Crippen LogP contribution in [0.15, 0.2) is 59.6 Å². The van der Waals surface area contributed by atoms with Crippen LogP contribution in [0.1, 0.15) is 30.6 Å². The molecule has 0 bridgehead atoms. The number of ether oxygens (including phenoxy) is 1. The minimum Gasteiger partial charge on any atom is -0.545 e. The summed E-state index contributed by atoms with van der Waals surface area (Å²) in [5, 5.41) is 11.1. The van der Waals surface area contributed by atoms with Gasteiger partial charge in [0.25, 0.3) is 5.91 Å². The van der Waals surface area contributed by atoms with Crippen molar-refractivity contribution in [3.05, 3.63) is 60.2 Å². The lowest BCUT2D eigenvalue weighted by Gasteiger charge is -2.32. The van der Waals surface area contributed by atoms with Crippen LogP contribution in [0.4, 0.5) is 11.4 Å². The smallest absolute Gasteiger partial charge is 0.332 e. The molecule has 1 heterocycles. The van der Waals surface area contributed by atoms with Crippen LogP contribution in [0, 0.1) is 0 Å². The van der Waals surface area contributed by atoms with Gasteiger partial charge in [0.2, 0.25) is 0 Å². The number of para-hydroxylation sites is 1. The van der Waals surface area contributed by atoms with Gasteiger partial charge in [-0.2, -0.15) is 0 Å². The molecule has 1 atom stereocenters. The Kier molecular flexibility index (Phi) is 5.26. The van der Waals surface area contributed by atoms with Gasteiger partial charge in [0.15, 0.2) is 0 Å². The van der Waals surface area contributed by atoms with Gasteiger partial charge in [0, 0.05) is 12.1 Å². The minimum absolute atomic E-state index is 0.0368. The van der Waals surface area contributed by atoms with E-state index in [9.17, 15) is 19.5 Å². The summed E-state index contributed by atoms with van der Waals surface area (Å²) in [5.74, 6) is -2.29. The van der Waals surface area contributed by atoms with Crippen LogP contribution in [0.2, 0.25) is 0 Å². The lowest BCUT2D eigenvalue weighted by molar-refractivity contribution is -0.255. The summed E-state index contributed by atoms with van der Waals surface area (Å²) in [7, 11) is 0. The molecule has 1 saturated heterocycles. The van der Waals surface area contributed by atoms with Crippen LogP contribution >= 0.6 is 0 Å². The number of carboxylic acids is 1. The molecule has 7 nitrogen and oxygen atoms in total. The molecule has 2 aromatic carbocycles. The number of carbonyl (C=O) groups is 3. The Bertz CT molecular complexity index is 954. The number of carbonyl (C=O) groups excluding carboxylic acids is 3. The van der Waals surface area contributed by atoms with Crippen molar-refractivity contribution in [1.82, 2.24) is 0 Å². The first kappa shape index (κ1) is 19.3. The van der Waals surface area contributed by atoms with E-state index in [4.69, 9.17) is 4.74 Å². The van der Waals surface area contributed by atoms with Gasteiger partial charge < -0.3 is 14.6 Å². The number of aliphatic imine (C=N–C) groups is 1. The number of rotatable bonds is 5. The Hall–Kier alpha value is -3.48. The van der Waals surface area contributed by atoms with E-state index < -0.39 is 23.4 Å². The molecule has 28 heavy (non-hydrogen) atoms. The van der Waals surface area contributed by atoms with Crippen molar-refractivity contribution in [1.29, 1.82) is 0 Å². The van der Waals surface area contributed by atoms with E-state index in [1.165, 1.54) is 23.1 Å². The highest BCUT2D eigenvalue weighted by Gasteiger charge is 2.53. The fourth-order valence-electron chi connectivity index (χ4n) is 3.21. The average molecular weight is 379 g/mol. The molecule has 1 aliphatic heterocycles. The predicted molar refractivity (Wildman–Crippen MR) is 101 cm³/mol. The van der Waals surface area contributed by atoms with Gasteiger partial charge in [-0.15, -0.1) is 0 Å². The van der Waals surface area contributed by atoms with E-state index in [1.54, 1.807) is 44.2 Å². The number of esters is 1. The van der Waals surface area contributed by atoms with Crippen molar-refractivity contribution in [2.45, 2.75) is 25.8 Å². The highest BCUT2D eigenvalue weighted by molar-refractivity contribution is 6.48. The van der Waals surface area contributed by atoms with Crippen LogP contribution in [-0.4, -0.2) is 35.7 Å². The maximum absolute atomic E-state index is 13.1. The molecule has 3 rings (SSSR count). The number of nitrogens with zero attached hydrogens (tertiary/aromatic N) is 2. The van der Waals surface area contributed by atoms with Crippen molar-refractivity contribution < 1.29 is 24.2 Å². The van der Waals surface area contributed by atoms with Gasteiger partial charge >= 0.3 is 5.97 Å². The van der Waals surface area contributed by atoms with Crippen LogP contribution in [0.3, 0.4) is 0 Å². The zero-order chi connectivity index (χ0) is 20.3. The fraction of sp³-hybridized carbons (Fsp3) is 0.238. The third-order valence-corrected chi connectivity index (χ3v) is 4.53. The van der Waals surface area contributed by atoms with E-state index >= 15 is 0 Å². The minimum atomic E-state index is -1.33. The third kappa shape index (κ3) is 3.51. The van der Waals surface area contributed by atoms with Crippen molar-refractivity contribution in [2.24, 2.45) is 4.99 Å². The molecule has 0 aliphatic carbocycles. The predicted octanol–water partition coefficient (Wildman–Crippen LogP) is 1.88. The number of hydrogen-bond acceptors (Lipinski definition) is 6. The Labute approximate surface area is 162 Å². The molecule has 0 radical (unpaired) electrons. The molecule has 2 aromatic rings. The van der Waals surface area contributed by atoms with Gasteiger partial charge in [-0.25, -0.2) is 9.79 Å². The normalized spacial score (nSPS) is 20.4. The van der Waals surface area contributed by atoms with Crippen molar-refractivity contribution in [3.8, 4) is 0 Å².